The monoisotopic (exact) mass is 318 g/mol. The van der Waals surface area contributed by atoms with Crippen LogP contribution in [0.1, 0.15) is 38.2 Å². The number of hydrogen-bond acceptors (Lipinski definition) is 0. The maximum atomic E-state index is 3.74. The Kier molecular flexibility index (Phi) is 5.18. The second-order valence-corrected chi connectivity index (χ2v) is 7.30. The summed E-state index contributed by atoms with van der Waals surface area (Å²) in [6.07, 6.45) is 4.95. The van der Waals surface area contributed by atoms with Crippen LogP contribution in [-0.4, -0.2) is 0 Å². The van der Waals surface area contributed by atoms with Gasteiger partial charge < -0.3 is 0 Å². The highest BCUT2D eigenvalue weighted by molar-refractivity contribution is 9.24. The fraction of sp³-hybridized carbons (Fsp3) is 0.500. The smallest absolute Gasteiger partial charge is 0.0674 e. The van der Waals surface area contributed by atoms with E-state index in [-0.39, 0.29) is 3.23 Å². The maximum Gasteiger partial charge on any atom is 0.105 e. The van der Waals surface area contributed by atoms with E-state index in [0.717, 1.165) is 6.42 Å². The zero-order chi connectivity index (χ0) is 10.4. The van der Waals surface area contributed by atoms with E-state index in [2.05, 4.69) is 63.0 Å². The molecule has 0 saturated heterocycles. The van der Waals surface area contributed by atoms with Gasteiger partial charge in [0.2, 0.25) is 0 Å². The van der Waals surface area contributed by atoms with Crippen molar-refractivity contribution in [3.8, 4) is 0 Å². The number of halogens is 2. The highest BCUT2D eigenvalue weighted by Gasteiger charge is 2.23. The summed E-state index contributed by atoms with van der Waals surface area (Å²) < 4.78 is -0.0313. The van der Waals surface area contributed by atoms with Crippen molar-refractivity contribution in [2.45, 2.75) is 35.8 Å². The summed E-state index contributed by atoms with van der Waals surface area (Å²) in [5.74, 6) is 0. The van der Waals surface area contributed by atoms with Crippen LogP contribution >= 0.6 is 31.9 Å². The highest BCUT2D eigenvalue weighted by atomic mass is 79.9. The lowest BCUT2D eigenvalue weighted by Crippen LogP contribution is -2.08. The summed E-state index contributed by atoms with van der Waals surface area (Å²) >= 11 is 7.47. The zero-order valence-electron chi connectivity index (χ0n) is 8.47. The van der Waals surface area contributed by atoms with E-state index in [1.807, 2.05) is 6.07 Å². The van der Waals surface area contributed by atoms with Gasteiger partial charge >= 0.3 is 0 Å². The van der Waals surface area contributed by atoms with E-state index in [9.17, 15) is 0 Å². The summed E-state index contributed by atoms with van der Waals surface area (Å²) in [6.45, 7) is 2.23. The zero-order valence-corrected chi connectivity index (χ0v) is 11.6. The molecule has 0 aliphatic carbocycles. The summed E-state index contributed by atoms with van der Waals surface area (Å²) in [7, 11) is 0. The molecule has 0 radical (unpaired) electrons. The predicted molar refractivity (Wildman–Crippen MR) is 70.1 cm³/mol. The van der Waals surface area contributed by atoms with Crippen LogP contribution < -0.4 is 0 Å². The topological polar surface area (TPSA) is 0 Å². The quantitative estimate of drug-likeness (QED) is 0.516. The Bertz CT molecular complexity index is 254. The normalized spacial score (nSPS) is 11.6. The van der Waals surface area contributed by atoms with E-state index >= 15 is 0 Å². The van der Waals surface area contributed by atoms with Gasteiger partial charge in [-0.2, -0.15) is 0 Å². The largest absolute Gasteiger partial charge is 0.105 e. The molecule has 0 bridgehead atoms. The van der Waals surface area contributed by atoms with Crippen molar-refractivity contribution in [3.63, 3.8) is 0 Å². The minimum Gasteiger partial charge on any atom is -0.0674 e. The van der Waals surface area contributed by atoms with Crippen molar-refractivity contribution in [1.82, 2.24) is 0 Å². The molecule has 0 amide bonds. The Morgan fingerprint density at radius 2 is 1.71 bits per heavy atom. The number of unbranched alkanes of at least 4 members (excludes halogenated alkanes) is 2. The van der Waals surface area contributed by atoms with Crippen LogP contribution in [-0.2, 0) is 3.23 Å². The molecule has 0 N–H and O–H groups in total. The van der Waals surface area contributed by atoms with Crippen LogP contribution in [0.3, 0.4) is 0 Å². The van der Waals surface area contributed by atoms with Crippen molar-refractivity contribution in [2.24, 2.45) is 0 Å². The lowest BCUT2D eigenvalue weighted by Gasteiger charge is -2.20. The van der Waals surface area contributed by atoms with E-state index in [4.69, 9.17) is 0 Å². The Hall–Kier alpha value is 0.180. The van der Waals surface area contributed by atoms with Gasteiger partial charge in [0, 0.05) is 0 Å². The molecule has 0 aliphatic rings. The number of alkyl halides is 2. The Morgan fingerprint density at radius 1 is 1.07 bits per heavy atom. The van der Waals surface area contributed by atoms with Crippen molar-refractivity contribution in [3.05, 3.63) is 35.9 Å². The molecule has 1 aromatic rings. The molecular weight excluding hydrogens is 304 g/mol. The molecule has 0 fully saturated rings. The summed E-state index contributed by atoms with van der Waals surface area (Å²) in [4.78, 5) is 0. The van der Waals surface area contributed by atoms with Crippen molar-refractivity contribution >= 4 is 31.9 Å². The van der Waals surface area contributed by atoms with Crippen molar-refractivity contribution < 1.29 is 0 Å². The number of benzene rings is 1. The first kappa shape index (κ1) is 12.3. The van der Waals surface area contributed by atoms with Crippen molar-refractivity contribution in [2.75, 3.05) is 0 Å². The number of rotatable bonds is 5. The fourth-order valence-corrected chi connectivity index (χ4v) is 2.51. The van der Waals surface area contributed by atoms with Crippen LogP contribution in [0.4, 0.5) is 0 Å². The SMILES string of the molecule is CCCCCC(Br)(Br)c1ccccc1. The minimum absolute atomic E-state index is 0.0313. The van der Waals surface area contributed by atoms with E-state index in [1.165, 1.54) is 24.8 Å². The molecule has 2 heteroatoms. The number of hydrogen-bond donors (Lipinski definition) is 0. The van der Waals surface area contributed by atoms with Gasteiger partial charge in [-0.25, -0.2) is 0 Å². The molecule has 0 saturated carbocycles. The van der Waals surface area contributed by atoms with E-state index in [1.54, 1.807) is 0 Å². The van der Waals surface area contributed by atoms with Crippen LogP contribution in [0, 0.1) is 0 Å². The second kappa shape index (κ2) is 5.92. The van der Waals surface area contributed by atoms with Gasteiger partial charge in [-0.1, -0.05) is 88.4 Å². The second-order valence-electron chi connectivity index (χ2n) is 3.53. The first-order valence-corrected chi connectivity index (χ1v) is 6.69. The van der Waals surface area contributed by atoms with Gasteiger partial charge in [0.25, 0.3) is 0 Å². The van der Waals surface area contributed by atoms with Crippen LogP contribution in [0.2, 0.25) is 0 Å². The third kappa shape index (κ3) is 3.74. The van der Waals surface area contributed by atoms with Gasteiger partial charge in [0.05, 0.1) is 0 Å². The van der Waals surface area contributed by atoms with Gasteiger partial charge in [0.15, 0.2) is 0 Å². The highest BCUT2D eigenvalue weighted by Crippen LogP contribution is 2.42. The molecule has 0 nitrogen and oxygen atoms in total. The van der Waals surface area contributed by atoms with E-state index in [0.29, 0.717) is 0 Å². The molecule has 1 aromatic carbocycles. The molecule has 0 aliphatic heterocycles. The van der Waals surface area contributed by atoms with E-state index < -0.39 is 0 Å². The molecule has 14 heavy (non-hydrogen) atoms. The van der Waals surface area contributed by atoms with Crippen molar-refractivity contribution in [1.29, 1.82) is 0 Å². The average molecular weight is 320 g/mol. The van der Waals surface area contributed by atoms with Gasteiger partial charge in [-0.15, -0.1) is 0 Å². The fourth-order valence-electron chi connectivity index (χ4n) is 1.42. The lowest BCUT2D eigenvalue weighted by atomic mass is 10.1. The molecular formula is C12H16Br2. The molecule has 78 valence electrons. The summed E-state index contributed by atoms with van der Waals surface area (Å²) in [5.41, 5.74) is 1.30. The van der Waals surface area contributed by atoms with Crippen LogP contribution in [0.25, 0.3) is 0 Å². The summed E-state index contributed by atoms with van der Waals surface area (Å²) in [6, 6.07) is 10.5. The van der Waals surface area contributed by atoms with Gasteiger partial charge in [-0.05, 0) is 12.0 Å². The molecule has 0 heterocycles. The molecule has 0 spiro atoms. The first-order valence-electron chi connectivity index (χ1n) is 5.10. The Labute approximate surface area is 103 Å². The average Bonchev–Trinajstić information content (AvgIpc) is 2.19. The first-order chi connectivity index (χ1) is 6.67. The van der Waals surface area contributed by atoms with Crippen LogP contribution in [0.5, 0.6) is 0 Å². The predicted octanol–water partition coefficient (Wildman–Crippen LogP) is 5.21. The molecule has 1 rings (SSSR count). The molecule has 0 atom stereocenters. The van der Waals surface area contributed by atoms with Gasteiger partial charge in [0.1, 0.15) is 3.23 Å². The Balaban J connectivity index is 2.56. The van der Waals surface area contributed by atoms with Gasteiger partial charge in [-0.3, -0.25) is 0 Å². The maximum absolute atomic E-state index is 3.74. The summed E-state index contributed by atoms with van der Waals surface area (Å²) in [5, 5.41) is 0. The standard InChI is InChI=1S/C12H16Br2/c1-2-3-7-10-12(13,14)11-8-5-4-6-9-11/h4-6,8-9H,2-3,7,10H2,1H3. The Morgan fingerprint density at radius 3 is 2.29 bits per heavy atom. The third-order valence-corrected chi connectivity index (χ3v) is 4.00. The lowest BCUT2D eigenvalue weighted by molar-refractivity contribution is 0.648. The van der Waals surface area contributed by atoms with Crippen LogP contribution in [0.15, 0.2) is 30.3 Å². The minimum atomic E-state index is -0.0313. The third-order valence-electron chi connectivity index (χ3n) is 2.29. The molecule has 0 unspecified atom stereocenters. The molecule has 0 aromatic heterocycles.